The lowest BCUT2D eigenvalue weighted by Gasteiger charge is -2.00. The van der Waals surface area contributed by atoms with Crippen LogP contribution >= 0.6 is 0 Å². The lowest BCUT2D eigenvalue weighted by Crippen LogP contribution is -1.97. The highest BCUT2D eigenvalue weighted by molar-refractivity contribution is 5.37. The molecule has 0 aliphatic carbocycles. The lowest BCUT2D eigenvalue weighted by atomic mass is 10.2. The van der Waals surface area contributed by atoms with Gasteiger partial charge >= 0.3 is 0 Å². The highest BCUT2D eigenvalue weighted by atomic mass is 16.5. The van der Waals surface area contributed by atoms with Gasteiger partial charge in [0.15, 0.2) is 0 Å². The minimum atomic E-state index is 0.146. The third kappa shape index (κ3) is 4.10. The minimum absolute atomic E-state index is 0.146. The van der Waals surface area contributed by atoms with Crippen molar-refractivity contribution in [1.82, 2.24) is 0 Å². The van der Waals surface area contributed by atoms with E-state index in [4.69, 9.17) is 4.74 Å². The Morgan fingerprint density at radius 2 is 2.14 bits per heavy atom. The minimum Gasteiger partial charge on any atom is -0.494 e. The SMILES string of the molecule is CC#CC#CC#C/C=C\[C@@H]1CC=CO1. The summed E-state index contributed by atoms with van der Waals surface area (Å²) in [4.78, 5) is 0. The molecule has 1 aliphatic rings. The van der Waals surface area contributed by atoms with E-state index in [2.05, 4.69) is 35.5 Å². The summed E-state index contributed by atoms with van der Waals surface area (Å²) in [6, 6.07) is 0. The van der Waals surface area contributed by atoms with Crippen LogP contribution in [0.15, 0.2) is 24.5 Å². The van der Waals surface area contributed by atoms with Crippen LogP contribution in [0.4, 0.5) is 0 Å². The molecule has 1 aliphatic heterocycles. The molecule has 0 aromatic carbocycles. The van der Waals surface area contributed by atoms with Crippen LogP contribution in [-0.2, 0) is 4.74 Å². The van der Waals surface area contributed by atoms with E-state index in [1.54, 1.807) is 19.3 Å². The Morgan fingerprint density at radius 1 is 1.29 bits per heavy atom. The number of rotatable bonds is 1. The Hall–Kier alpha value is -2.04. The Balaban J connectivity index is 2.31. The van der Waals surface area contributed by atoms with Gasteiger partial charge < -0.3 is 4.74 Å². The fourth-order valence-corrected chi connectivity index (χ4v) is 0.884. The van der Waals surface area contributed by atoms with Crippen LogP contribution in [0, 0.1) is 35.5 Å². The molecule has 1 heterocycles. The summed E-state index contributed by atoms with van der Waals surface area (Å²) in [6.45, 7) is 1.74. The van der Waals surface area contributed by atoms with E-state index in [-0.39, 0.29) is 6.10 Å². The van der Waals surface area contributed by atoms with Gasteiger partial charge in [-0.2, -0.15) is 0 Å². The van der Waals surface area contributed by atoms with E-state index in [9.17, 15) is 0 Å². The molecular formula is C13H10O. The van der Waals surface area contributed by atoms with E-state index in [0.29, 0.717) is 0 Å². The van der Waals surface area contributed by atoms with Crippen molar-refractivity contribution < 1.29 is 4.74 Å². The molecule has 0 saturated carbocycles. The molecule has 1 nitrogen and oxygen atoms in total. The molecule has 0 fully saturated rings. The van der Waals surface area contributed by atoms with Crippen LogP contribution in [0.5, 0.6) is 0 Å². The van der Waals surface area contributed by atoms with E-state index in [0.717, 1.165) is 6.42 Å². The van der Waals surface area contributed by atoms with Crippen molar-refractivity contribution in [3.8, 4) is 35.5 Å². The summed E-state index contributed by atoms with van der Waals surface area (Å²) in [7, 11) is 0. The van der Waals surface area contributed by atoms with E-state index >= 15 is 0 Å². The summed E-state index contributed by atoms with van der Waals surface area (Å²) in [6.07, 6.45) is 8.43. The van der Waals surface area contributed by atoms with Crippen molar-refractivity contribution in [3.63, 3.8) is 0 Å². The Labute approximate surface area is 84.8 Å². The van der Waals surface area contributed by atoms with Crippen molar-refractivity contribution in [3.05, 3.63) is 24.5 Å². The Bertz CT molecular complexity index is 399. The van der Waals surface area contributed by atoms with Gasteiger partial charge in [0.1, 0.15) is 6.10 Å². The molecule has 0 unspecified atom stereocenters. The second-order valence-electron chi connectivity index (χ2n) is 2.54. The first-order valence-electron chi connectivity index (χ1n) is 4.33. The summed E-state index contributed by atoms with van der Waals surface area (Å²) in [5, 5.41) is 0. The van der Waals surface area contributed by atoms with Crippen molar-refractivity contribution in [2.75, 3.05) is 0 Å². The molecule has 14 heavy (non-hydrogen) atoms. The van der Waals surface area contributed by atoms with Crippen molar-refractivity contribution >= 4 is 0 Å². The maximum atomic E-state index is 5.20. The number of allylic oxidation sites excluding steroid dienone is 1. The largest absolute Gasteiger partial charge is 0.494 e. The first-order valence-corrected chi connectivity index (χ1v) is 4.33. The normalized spacial score (nSPS) is 17.1. The molecule has 0 amide bonds. The first-order chi connectivity index (χ1) is 6.93. The molecular weight excluding hydrogens is 172 g/mol. The summed E-state index contributed by atoms with van der Waals surface area (Å²) >= 11 is 0. The van der Waals surface area contributed by atoms with Gasteiger partial charge in [0.25, 0.3) is 0 Å². The van der Waals surface area contributed by atoms with Gasteiger partial charge in [-0.15, -0.1) is 0 Å². The zero-order valence-electron chi connectivity index (χ0n) is 8.00. The van der Waals surface area contributed by atoms with Gasteiger partial charge in [-0.3, -0.25) is 0 Å². The molecule has 0 bridgehead atoms. The zero-order valence-corrected chi connectivity index (χ0v) is 8.00. The summed E-state index contributed by atoms with van der Waals surface area (Å²) in [5.41, 5.74) is 0. The number of hydrogen-bond donors (Lipinski definition) is 0. The van der Waals surface area contributed by atoms with Gasteiger partial charge in [-0.25, -0.2) is 0 Å². The van der Waals surface area contributed by atoms with Crippen LogP contribution in [0.1, 0.15) is 13.3 Å². The summed E-state index contributed by atoms with van der Waals surface area (Å²) < 4.78 is 5.20. The molecule has 1 atom stereocenters. The quantitative estimate of drug-likeness (QED) is 0.562. The average molecular weight is 182 g/mol. The molecule has 0 aromatic heterocycles. The van der Waals surface area contributed by atoms with Crippen LogP contribution in [0.3, 0.4) is 0 Å². The maximum Gasteiger partial charge on any atom is 0.120 e. The number of hydrogen-bond acceptors (Lipinski definition) is 1. The molecule has 0 radical (unpaired) electrons. The van der Waals surface area contributed by atoms with Crippen LogP contribution in [0.25, 0.3) is 0 Å². The molecule has 0 aromatic rings. The Morgan fingerprint density at radius 3 is 2.86 bits per heavy atom. The van der Waals surface area contributed by atoms with Crippen molar-refractivity contribution in [1.29, 1.82) is 0 Å². The van der Waals surface area contributed by atoms with Crippen LogP contribution in [0.2, 0.25) is 0 Å². The maximum absolute atomic E-state index is 5.20. The highest BCUT2D eigenvalue weighted by Crippen LogP contribution is 2.08. The van der Waals surface area contributed by atoms with Gasteiger partial charge in [-0.1, -0.05) is 11.8 Å². The van der Waals surface area contributed by atoms with Gasteiger partial charge in [0, 0.05) is 6.42 Å². The predicted molar refractivity (Wildman–Crippen MR) is 56.8 cm³/mol. The molecule has 68 valence electrons. The molecule has 0 saturated heterocycles. The molecule has 0 N–H and O–H groups in total. The number of ether oxygens (including phenoxy) is 1. The molecule has 1 rings (SSSR count). The average Bonchev–Trinajstić information content (AvgIpc) is 2.69. The molecule has 1 heteroatoms. The first kappa shape index (κ1) is 10.0. The Kier molecular flexibility index (Phi) is 4.64. The fraction of sp³-hybridized carbons (Fsp3) is 0.231. The monoisotopic (exact) mass is 182 g/mol. The van der Waals surface area contributed by atoms with Gasteiger partial charge in [0.2, 0.25) is 0 Å². The van der Waals surface area contributed by atoms with E-state index in [1.165, 1.54) is 0 Å². The predicted octanol–water partition coefficient (Wildman–Crippen LogP) is 1.88. The second-order valence-corrected chi connectivity index (χ2v) is 2.54. The standard InChI is InChI=1S/C13H10O/c1-2-3-4-5-6-7-8-10-13-11-9-12-14-13/h8-10,12-13H,11H2,1H3/b10-8-/t13-/m1/s1. The van der Waals surface area contributed by atoms with Crippen molar-refractivity contribution in [2.45, 2.75) is 19.4 Å². The zero-order chi connectivity index (χ0) is 10.1. The smallest absolute Gasteiger partial charge is 0.120 e. The summed E-state index contributed by atoms with van der Waals surface area (Å²) in [5.74, 6) is 16.0. The third-order valence-electron chi connectivity index (χ3n) is 1.50. The lowest BCUT2D eigenvalue weighted by molar-refractivity contribution is 0.214. The topological polar surface area (TPSA) is 9.23 Å². The highest BCUT2D eigenvalue weighted by Gasteiger charge is 2.04. The van der Waals surface area contributed by atoms with Gasteiger partial charge in [-0.05, 0) is 48.8 Å². The van der Waals surface area contributed by atoms with Crippen LogP contribution in [-0.4, -0.2) is 6.10 Å². The molecule has 0 spiro atoms. The second kappa shape index (κ2) is 6.47. The third-order valence-corrected chi connectivity index (χ3v) is 1.50. The fourth-order valence-electron chi connectivity index (χ4n) is 0.884. The van der Waals surface area contributed by atoms with Gasteiger partial charge in [0.05, 0.1) is 6.26 Å². The van der Waals surface area contributed by atoms with E-state index in [1.807, 2.05) is 12.2 Å². The van der Waals surface area contributed by atoms with Crippen molar-refractivity contribution in [2.24, 2.45) is 0 Å². The van der Waals surface area contributed by atoms with Crippen LogP contribution < -0.4 is 0 Å². The van der Waals surface area contributed by atoms with E-state index < -0.39 is 0 Å².